The first-order valence-corrected chi connectivity index (χ1v) is 10.6. The van der Waals surface area contributed by atoms with Gasteiger partial charge in [-0.3, -0.25) is 19.6 Å². The van der Waals surface area contributed by atoms with Gasteiger partial charge in [0.2, 0.25) is 0 Å². The van der Waals surface area contributed by atoms with Crippen molar-refractivity contribution in [2.75, 3.05) is 4.72 Å². The first-order chi connectivity index (χ1) is 13.3. The number of fused-ring (bicyclic) bond motifs is 3. The van der Waals surface area contributed by atoms with Crippen LogP contribution in [-0.2, 0) is 16.4 Å². The molecule has 1 aliphatic carbocycles. The molecule has 0 radical (unpaired) electrons. The van der Waals surface area contributed by atoms with Gasteiger partial charge in [0.1, 0.15) is 11.3 Å². The molecule has 0 saturated carbocycles. The summed E-state index contributed by atoms with van der Waals surface area (Å²) in [5.74, 6) is 0.566. The highest BCUT2D eigenvalue weighted by Gasteiger charge is 2.26. The molecule has 0 spiro atoms. The fourth-order valence-corrected chi connectivity index (χ4v) is 4.88. The number of nitrogens with one attached hydrogen (secondary N) is 1. The number of Topliss-reactive ketones (excluding diaryl/α,β-unsaturated/α-hetero) is 1. The lowest BCUT2D eigenvalue weighted by Gasteiger charge is -2.10. The summed E-state index contributed by atoms with van der Waals surface area (Å²) in [6, 6.07) is 7.84. The van der Waals surface area contributed by atoms with Crippen LogP contribution in [0.25, 0.3) is 11.0 Å². The van der Waals surface area contributed by atoms with Gasteiger partial charge >= 0.3 is 0 Å². The van der Waals surface area contributed by atoms with Gasteiger partial charge in [-0.15, -0.1) is 0 Å². The van der Waals surface area contributed by atoms with E-state index < -0.39 is 14.9 Å². The number of hydrogen-bond donors (Lipinski definition) is 1. The van der Waals surface area contributed by atoms with Crippen LogP contribution in [0.4, 0.5) is 11.4 Å². The monoisotopic (exact) mass is 464 g/mol. The van der Waals surface area contributed by atoms with Crippen LogP contribution in [-0.4, -0.2) is 19.1 Å². The Morgan fingerprint density at radius 3 is 2.71 bits per heavy atom. The summed E-state index contributed by atoms with van der Waals surface area (Å²) in [4.78, 5) is 22.3. The average Bonchev–Trinajstić information content (AvgIpc) is 3.02. The molecule has 0 atom stereocenters. The third kappa shape index (κ3) is 3.18. The maximum absolute atomic E-state index is 12.7. The zero-order valence-corrected chi connectivity index (χ0v) is 16.7. The Morgan fingerprint density at radius 1 is 1.18 bits per heavy atom. The van der Waals surface area contributed by atoms with Crippen molar-refractivity contribution in [2.45, 2.75) is 24.2 Å². The molecule has 1 aromatic heterocycles. The van der Waals surface area contributed by atoms with Crippen LogP contribution in [0, 0.1) is 10.1 Å². The molecule has 1 aliphatic rings. The Labute approximate surface area is 167 Å². The van der Waals surface area contributed by atoms with Gasteiger partial charge in [0.25, 0.3) is 15.7 Å². The largest absolute Gasteiger partial charge is 0.459 e. The number of rotatable bonds is 4. The normalized spacial score (nSPS) is 14.1. The number of furan rings is 1. The van der Waals surface area contributed by atoms with Gasteiger partial charge in [-0.25, -0.2) is 8.42 Å². The number of hydrogen-bond acceptors (Lipinski definition) is 6. The lowest BCUT2D eigenvalue weighted by Crippen LogP contribution is -2.13. The van der Waals surface area contributed by atoms with Crippen LogP contribution in [0.5, 0.6) is 0 Å². The molecule has 28 heavy (non-hydrogen) atoms. The second kappa shape index (κ2) is 6.71. The number of ketones is 1. The fraction of sp³-hybridized carbons (Fsp3) is 0.167. The van der Waals surface area contributed by atoms with Crippen LogP contribution in [0.1, 0.15) is 29.0 Å². The summed E-state index contributed by atoms with van der Waals surface area (Å²) in [5, 5.41) is 11.4. The van der Waals surface area contributed by atoms with Crippen molar-refractivity contribution in [1.82, 2.24) is 0 Å². The number of nitro benzene ring substituents is 1. The fourth-order valence-electron chi connectivity index (χ4n) is 3.26. The summed E-state index contributed by atoms with van der Waals surface area (Å²) in [6.45, 7) is 0. The summed E-state index contributed by atoms with van der Waals surface area (Å²) < 4.78 is 34.1. The smallest absolute Gasteiger partial charge is 0.270 e. The molecule has 0 bridgehead atoms. The van der Waals surface area contributed by atoms with Gasteiger partial charge in [-0.2, -0.15) is 0 Å². The average molecular weight is 465 g/mol. The number of aryl methyl sites for hydroxylation is 1. The Bertz CT molecular complexity index is 1250. The third-order valence-corrected chi connectivity index (χ3v) is 6.46. The van der Waals surface area contributed by atoms with Crippen molar-refractivity contribution in [3.05, 3.63) is 62.3 Å². The predicted octanol–water partition coefficient (Wildman–Crippen LogP) is 4.42. The molecule has 3 aromatic rings. The maximum atomic E-state index is 12.7. The summed E-state index contributed by atoms with van der Waals surface area (Å²) in [7, 11) is -4.06. The molecule has 1 heterocycles. The van der Waals surface area contributed by atoms with Crippen molar-refractivity contribution < 1.29 is 22.6 Å². The zero-order valence-electron chi connectivity index (χ0n) is 14.3. The minimum absolute atomic E-state index is 0.0365. The molecule has 1 N–H and O–H groups in total. The maximum Gasteiger partial charge on any atom is 0.270 e. The molecule has 0 amide bonds. The van der Waals surface area contributed by atoms with E-state index in [-0.39, 0.29) is 22.1 Å². The van der Waals surface area contributed by atoms with Gasteiger partial charge in [0.15, 0.2) is 5.78 Å². The zero-order chi connectivity index (χ0) is 20.1. The number of carbonyl (C=O) groups excluding carboxylic acids is 1. The highest BCUT2D eigenvalue weighted by molar-refractivity contribution is 9.10. The van der Waals surface area contributed by atoms with Gasteiger partial charge in [0, 0.05) is 30.4 Å². The number of benzene rings is 2. The van der Waals surface area contributed by atoms with E-state index in [9.17, 15) is 23.3 Å². The number of sulfonamides is 1. The van der Waals surface area contributed by atoms with Gasteiger partial charge < -0.3 is 4.42 Å². The molecule has 10 heteroatoms. The number of halogens is 1. The van der Waals surface area contributed by atoms with E-state index in [1.807, 2.05) is 0 Å². The van der Waals surface area contributed by atoms with E-state index in [1.165, 1.54) is 24.3 Å². The second-order valence-electron chi connectivity index (χ2n) is 6.37. The third-order valence-electron chi connectivity index (χ3n) is 4.49. The van der Waals surface area contributed by atoms with Crippen LogP contribution in [0.15, 0.2) is 50.2 Å². The Balaban J connectivity index is 1.77. The molecule has 0 aliphatic heterocycles. The number of carbonyl (C=O) groups is 1. The molecule has 0 fully saturated rings. The molecule has 4 rings (SSSR count). The van der Waals surface area contributed by atoms with Crippen LogP contribution >= 0.6 is 15.9 Å². The summed E-state index contributed by atoms with van der Waals surface area (Å²) in [5.41, 5.74) is 0.860. The molecular formula is C18H13BrN2O6S. The summed E-state index contributed by atoms with van der Waals surface area (Å²) >= 11 is 3.36. The van der Waals surface area contributed by atoms with Crippen molar-refractivity contribution in [1.29, 1.82) is 0 Å². The molecular weight excluding hydrogens is 452 g/mol. The Hall–Kier alpha value is -2.72. The number of nitrogens with zero attached hydrogens (tertiary/aromatic N) is 1. The standard InChI is InChI=1S/C18H13BrN2O6S/c19-14-8-10(7-13-17-15(22)5-2-6-16(17)27-18(13)14)20-28(25,26)12-4-1-3-11(9-12)21(23)24/h1,3-4,7-9,20H,2,5-6H2. The van der Waals surface area contributed by atoms with Crippen molar-refractivity contribution in [3.63, 3.8) is 0 Å². The lowest BCUT2D eigenvalue weighted by atomic mass is 9.94. The van der Waals surface area contributed by atoms with Crippen molar-refractivity contribution in [3.8, 4) is 0 Å². The number of non-ortho nitro benzene ring substituents is 1. The first-order valence-electron chi connectivity index (χ1n) is 8.31. The molecule has 0 unspecified atom stereocenters. The van der Waals surface area contributed by atoms with Crippen LogP contribution < -0.4 is 4.72 Å². The SMILES string of the molecule is O=C1CCCc2oc3c(Br)cc(NS(=O)(=O)c4cccc([N+](=O)[O-])c4)cc3c21. The molecule has 2 aromatic carbocycles. The van der Waals surface area contributed by atoms with E-state index in [1.54, 1.807) is 6.07 Å². The van der Waals surface area contributed by atoms with Gasteiger partial charge in [0.05, 0.1) is 25.5 Å². The first kappa shape index (κ1) is 18.6. The van der Waals surface area contributed by atoms with E-state index in [2.05, 4.69) is 20.7 Å². The van der Waals surface area contributed by atoms with E-state index in [0.29, 0.717) is 39.6 Å². The lowest BCUT2D eigenvalue weighted by molar-refractivity contribution is -0.385. The molecule has 8 nitrogen and oxygen atoms in total. The minimum atomic E-state index is -4.06. The molecule has 0 saturated heterocycles. The Kier molecular flexibility index (Phi) is 4.47. The highest BCUT2D eigenvalue weighted by Crippen LogP contribution is 2.38. The van der Waals surface area contributed by atoms with Gasteiger partial charge in [-0.05, 0) is 40.5 Å². The molecule has 144 valence electrons. The minimum Gasteiger partial charge on any atom is -0.459 e. The van der Waals surface area contributed by atoms with Crippen LogP contribution in [0.3, 0.4) is 0 Å². The second-order valence-corrected chi connectivity index (χ2v) is 8.91. The highest BCUT2D eigenvalue weighted by atomic mass is 79.9. The summed E-state index contributed by atoms with van der Waals surface area (Å²) in [6.07, 6.45) is 1.79. The van der Waals surface area contributed by atoms with E-state index in [0.717, 1.165) is 12.5 Å². The van der Waals surface area contributed by atoms with E-state index in [4.69, 9.17) is 4.42 Å². The quantitative estimate of drug-likeness (QED) is 0.450. The van der Waals surface area contributed by atoms with Crippen LogP contribution in [0.2, 0.25) is 0 Å². The predicted molar refractivity (Wildman–Crippen MR) is 105 cm³/mol. The van der Waals surface area contributed by atoms with Gasteiger partial charge in [-0.1, -0.05) is 6.07 Å². The number of nitro groups is 1. The van der Waals surface area contributed by atoms with E-state index >= 15 is 0 Å². The Morgan fingerprint density at radius 2 is 1.96 bits per heavy atom. The van der Waals surface area contributed by atoms with Crippen molar-refractivity contribution in [2.24, 2.45) is 0 Å². The van der Waals surface area contributed by atoms with Crippen molar-refractivity contribution >= 4 is 54.1 Å². The number of anilines is 1. The topological polar surface area (TPSA) is 120 Å².